The van der Waals surface area contributed by atoms with Crippen molar-refractivity contribution in [1.29, 1.82) is 0 Å². The number of aryl methyl sites for hydroxylation is 1. The second-order valence-corrected chi connectivity index (χ2v) is 8.74. The van der Waals surface area contributed by atoms with Gasteiger partial charge in [-0.15, -0.1) is 0 Å². The fraction of sp³-hybridized carbons (Fsp3) is 0.269. The van der Waals surface area contributed by atoms with E-state index in [1.54, 1.807) is 18.5 Å². The summed E-state index contributed by atoms with van der Waals surface area (Å²) in [5.74, 6) is 0.589. The van der Waals surface area contributed by atoms with Crippen molar-refractivity contribution in [2.75, 3.05) is 50.1 Å². The molecule has 8 nitrogen and oxygen atoms in total. The first kappa shape index (κ1) is 21.9. The van der Waals surface area contributed by atoms with Crippen molar-refractivity contribution in [2.45, 2.75) is 6.92 Å². The Bertz CT molecular complexity index is 1360. The summed E-state index contributed by atoms with van der Waals surface area (Å²) in [5.41, 5.74) is 4.90. The average molecular weight is 457 g/mol. The molecular weight excluding hydrogens is 428 g/mol. The number of benzene rings is 2. The van der Waals surface area contributed by atoms with Crippen molar-refractivity contribution in [1.82, 2.24) is 19.9 Å². The van der Waals surface area contributed by atoms with Crippen LogP contribution in [0.15, 0.2) is 65.7 Å². The van der Waals surface area contributed by atoms with Crippen molar-refractivity contribution in [3.8, 4) is 11.8 Å². The first-order valence-corrected chi connectivity index (χ1v) is 11.4. The average Bonchev–Trinajstić information content (AvgIpc) is 2.84. The summed E-state index contributed by atoms with van der Waals surface area (Å²) in [7, 11) is 4.23. The molecule has 1 aliphatic heterocycles. The van der Waals surface area contributed by atoms with Crippen LogP contribution in [0.25, 0.3) is 10.9 Å². The molecule has 0 aliphatic carbocycles. The van der Waals surface area contributed by atoms with E-state index in [9.17, 15) is 4.79 Å². The van der Waals surface area contributed by atoms with Crippen molar-refractivity contribution >= 4 is 28.0 Å². The molecule has 174 valence electrons. The Hall–Kier alpha value is -3.91. The standard InChI is InChI=1S/C26H28N6O2/c1-18-14-20(16-21(15-18)32-12-10-30(2)11-13-32)31(3)19-4-6-22(7-5-19)34-26-28-24-17-27-9-8-23(24)25(33)29-26/h4-9,14-17H,10-13H2,1-3H3,(H,28,29,33). The van der Waals surface area contributed by atoms with E-state index in [0.717, 1.165) is 37.6 Å². The molecule has 3 heterocycles. The Morgan fingerprint density at radius 1 is 1.00 bits per heavy atom. The Kier molecular flexibility index (Phi) is 5.90. The van der Waals surface area contributed by atoms with Gasteiger partial charge in [0, 0.05) is 56.5 Å². The molecule has 5 rings (SSSR count). The van der Waals surface area contributed by atoms with Gasteiger partial charge in [-0.3, -0.25) is 14.8 Å². The lowest BCUT2D eigenvalue weighted by atomic mass is 10.1. The maximum Gasteiger partial charge on any atom is 0.302 e. The Balaban J connectivity index is 1.34. The fourth-order valence-electron chi connectivity index (χ4n) is 4.20. The summed E-state index contributed by atoms with van der Waals surface area (Å²) < 4.78 is 5.81. The van der Waals surface area contributed by atoms with Gasteiger partial charge in [0.05, 0.1) is 17.1 Å². The summed E-state index contributed by atoms with van der Waals surface area (Å²) in [6.45, 7) is 6.37. The largest absolute Gasteiger partial charge is 0.426 e. The van der Waals surface area contributed by atoms with Crippen molar-refractivity contribution in [3.63, 3.8) is 0 Å². The van der Waals surface area contributed by atoms with Gasteiger partial charge < -0.3 is 19.4 Å². The van der Waals surface area contributed by atoms with Gasteiger partial charge in [-0.2, -0.15) is 4.98 Å². The molecule has 1 N–H and O–H groups in total. The number of hydrogen-bond donors (Lipinski definition) is 1. The van der Waals surface area contributed by atoms with E-state index < -0.39 is 0 Å². The lowest BCUT2D eigenvalue weighted by Crippen LogP contribution is -2.44. The van der Waals surface area contributed by atoms with Crippen LogP contribution in [0, 0.1) is 6.92 Å². The van der Waals surface area contributed by atoms with Gasteiger partial charge in [0.25, 0.3) is 5.56 Å². The molecule has 4 aromatic rings. The van der Waals surface area contributed by atoms with Crippen LogP contribution in [-0.4, -0.2) is 60.1 Å². The normalized spacial score (nSPS) is 14.4. The van der Waals surface area contributed by atoms with Crippen LogP contribution in [-0.2, 0) is 0 Å². The number of H-pyrrole nitrogens is 1. The highest BCUT2D eigenvalue weighted by Gasteiger charge is 2.16. The Morgan fingerprint density at radius 2 is 1.76 bits per heavy atom. The van der Waals surface area contributed by atoms with E-state index in [0.29, 0.717) is 16.7 Å². The lowest BCUT2D eigenvalue weighted by Gasteiger charge is -2.35. The van der Waals surface area contributed by atoms with Crippen molar-refractivity contribution < 1.29 is 4.74 Å². The van der Waals surface area contributed by atoms with Gasteiger partial charge in [-0.05, 0) is 68.1 Å². The van der Waals surface area contributed by atoms with Crippen LogP contribution in [0.1, 0.15) is 5.56 Å². The minimum Gasteiger partial charge on any atom is -0.426 e. The second-order valence-electron chi connectivity index (χ2n) is 8.74. The smallest absolute Gasteiger partial charge is 0.302 e. The number of likely N-dealkylation sites (N-methyl/N-ethyl adjacent to an activating group) is 1. The predicted octanol–water partition coefficient (Wildman–Crippen LogP) is 3.94. The first-order valence-electron chi connectivity index (χ1n) is 11.4. The quantitative estimate of drug-likeness (QED) is 0.487. The third-order valence-corrected chi connectivity index (χ3v) is 6.23. The number of ether oxygens (including phenoxy) is 1. The van der Waals surface area contributed by atoms with Crippen LogP contribution < -0.4 is 20.1 Å². The summed E-state index contributed by atoms with van der Waals surface area (Å²) in [6.07, 6.45) is 3.12. The minimum absolute atomic E-state index is 0.141. The predicted molar refractivity (Wildman–Crippen MR) is 136 cm³/mol. The Labute approximate surface area is 198 Å². The molecule has 2 aromatic carbocycles. The first-order chi connectivity index (χ1) is 16.5. The number of nitrogens with one attached hydrogen (secondary N) is 1. The number of nitrogens with zero attached hydrogens (tertiary/aromatic N) is 5. The molecule has 1 aliphatic rings. The molecule has 0 radical (unpaired) electrons. The molecular formula is C26H28N6O2. The highest BCUT2D eigenvalue weighted by molar-refractivity contribution is 5.76. The third kappa shape index (κ3) is 4.58. The van der Waals surface area contributed by atoms with E-state index in [4.69, 9.17) is 4.74 Å². The lowest BCUT2D eigenvalue weighted by molar-refractivity contribution is 0.313. The molecule has 1 saturated heterocycles. The number of pyridine rings is 1. The zero-order valence-corrected chi connectivity index (χ0v) is 19.7. The summed E-state index contributed by atoms with van der Waals surface area (Å²) >= 11 is 0. The molecule has 34 heavy (non-hydrogen) atoms. The van der Waals surface area contributed by atoms with E-state index in [-0.39, 0.29) is 11.6 Å². The molecule has 0 spiro atoms. The topological polar surface area (TPSA) is 77.6 Å². The molecule has 1 fully saturated rings. The van der Waals surface area contributed by atoms with Crippen LogP contribution in [0.5, 0.6) is 11.8 Å². The number of rotatable bonds is 5. The fourth-order valence-corrected chi connectivity index (χ4v) is 4.20. The van der Waals surface area contributed by atoms with Gasteiger partial charge >= 0.3 is 6.01 Å². The van der Waals surface area contributed by atoms with Crippen molar-refractivity contribution in [3.05, 3.63) is 76.8 Å². The number of hydrogen-bond acceptors (Lipinski definition) is 7. The zero-order chi connectivity index (χ0) is 23.7. The van der Waals surface area contributed by atoms with Crippen molar-refractivity contribution in [2.24, 2.45) is 0 Å². The molecule has 0 bridgehead atoms. The second kappa shape index (κ2) is 9.15. The maximum atomic E-state index is 12.3. The van der Waals surface area contributed by atoms with Crippen LogP contribution in [0.2, 0.25) is 0 Å². The summed E-state index contributed by atoms with van der Waals surface area (Å²) in [4.78, 5) is 30.3. The molecule has 2 aromatic heterocycles. The molecule has 0 saturated carbocycles. The molecule has 0 amide bonds. The third-order valence-electron chi connectivity index (χ3n) is 6.23. The maximum absolute atomic E-state index is 12.3. The van der Waals surface area contributed by atoms with E-state index >= 15 is 0 Å². The monoisotopic (exact) mass is 456 g/mol. The van der Waals surface area contributed by atoms with Gasteiger partial charge in [-0.1, -0.05) is 0 Å². The highest BCUT2D eigenvalue weighted by Crippen LogP contribution is 2.31. The van der Waals surface area contributed by atoms with Gasteiger partial charge in [-0.25, -0.2) is 0 Å². The van der Waals surface area contributed by atoms with Crippen LogP contribution in [0.3, 0.4) is 0 Å². The molecule has 0 unspecified atom stereocenters. The van der Waals surface area contributed by atoms with E-state index in [1.807, 2.05) is 24.3 Å². The zero-order valence-electron chi connectivity index (χ0n) is 19.7. The number of aromatic amines is 1. The van der Waals surface area contributed by atoms with Gasteiger partial charge in [0.1, 0.15) is 5.75 Å². The van der Waals surface area contributed by atoms with E-state index in [1.165, 1.54) is 11.3 Å². The number of aromatic nitrogens is 3. The molecule has 8 heteroatoms. The van der Waals surface area contributed by atoms with Gasteiger partial charge in [0.2, 0.25) is 0 Å². The van der Waals surface area contributed by atoms with Gasteiger partial charge in [0.15, 0.2) is 0 Å². The number of fused-ring (bicyclic) bond motifs is 1. The SMILES string of the molecule is Cc1cc(N2CCN(C)CC2)cc(N(C)c2ccc(Oc3nc4cnccc4c(=O)[nH]3)cc2)c1. The summed E-state index contributed by atoms with van der Waals surface area (Å²) in [5, 5.41) is 0.480. The van der Waals surface area contributed by atoms with Crippen LogP contribution >= 0.6 is 0 Å². The Morgan fingerprint density at radius 3 is 2.53 bits per heavy atom. The summed E-state index contributed by atoms with van der Waals surface area (Å²) in [6, 6.07) is 16.2. The highest BCUT2D eigenvalue weighted by atomic mass is 16.5. The number of anilines is 3. The molecule has 0 atom stereocenters. The van der Waals surface area contributed by atoms with Crippen LogP contribution in [0.4, 0.5) is 17.1 Å². The van der Waals surface area contributed by atoms with E-state index in [2.05, 4.69) is 68.9 Å². The minimum atomic E-state index is -0.255. The number of piperazine rings is 1.